The highest BCUT2D eigenvalue weighted by atomic mass is 16.6. The van der Waals surface area contributed by atoms with Gasteiger partial charge in [-0.2, -0.15) is 0 Å². The second-order valence-corrected chi connectivity index (χ2v) is 5.89. The Bertz CT molecular complexity index is 587. The van der Waals surface area contributed by atoms with Crippen LogP contribution in [-0.2, 0) is 4.74 Å². The topological polar surface area (TPSA) is 84.9 Å². The predicted octanol–water partition coefficient (Wildman–Crippen LogP) is 3.14. The molecule has 0 saturated carbocycles. The number of phenolic OH excluding ortho intramolecular Hbond substituents is 1. The summed E-state index contributed by atoms with van der Waals surface area (Å²) < 4.78 is 10.1. The number of methoxy groups -OCH3 is 1. The Balaban J connectivity index is 2.57. The third-order valence-electron chi connectivity index (χ3n) is 2.79. The first-order valence-electron chi connectivity index (χ1n) is 7.26. The van der Waals surface area contributed by atoms with E-state index in [0.717, 1.165) is 0 Å². The van der Waals surface area contributed by atoms with Crippen molar-refractivity contribution in [1.82, 2.24) is 5.32 Å². The van der Waals surface area contributed by atoms with Crippen LogP contribution in [-0.4, -0.2) is 36.7 Å². The van der Waals surface area contributed by atoms with Crippen molar-refractivity contribution < 1.29 is 24.2 Å². The molecule has 0 bridgehead atoms. The monoisotopic (exact) mass is 321 g/mol. The van der Waals surface area contributed by atoms with Gasteiger partial charge in [0.25, 0.3) is 0 Å². The van der Waals surface area contributed by atoms with E-state index in [0.29, 0.717) is 30.4 Å². The molecular formula is C17H23NO5. The number of alkyl carbamates (subject to hydrolysis) is 1. The smallest absolute Gasteiger partial charge is 0.407 e. The Morgan fingerprint density at radius 3 is 2.57 bits per heavy atom. The summed E-state index contributed by atoms with van der Waals surface area (Å²) in [6, 6.07) is 2.93. The number of ether oxygens (including phenoxy) is 2. The van der Waals surface area contributed by atoms with E-state index in [2.05, 4.69) is 5.32 Å². The van der Waals surface area contributed by atoms with Gasteiger partial charge in [0.15, 0.2) is 17.8 Å². The highest BCUT2D eigenvalue weighted by Crippen LogP contribution is 2.29. The summed E-state index contributed by atoms with van der Waals surface area (Å²) in [7, 11) is 1.42. The van der Waals surface area contributed by atoms with Crippen LogP contribution in [0, 0.1) is 0 Å². The van der Waals surface area contributed by atoms with E-state index < -0.39 is 11.7 Å². The summed E-state index contributed by atoms with van der Waals surface area (Å²) in [6.45, 7) is 5.79. The molecule has 0 spiro atoms. The Morgan fingerprint density at radius 1 is 1.30 bits per heavy atom. The van der Waals surface area contributed by atoms with Crippen LogP contribution < -0.4 is 10.1 Å². The predicted molar refractivity (Wildman–Crippen MR) is 87.9 cm³/mol. The van der Waals surface area contributed by atoms with Crippen molar-refractivity contribution in [3.8, 4) is 11.5 Å². The fraction of sp³-hybridized carbons (Fsp3) is 0.412. The summed E-state index contributed by atoms with van der Waals surface area (Å²) in [5, 5.41) is 12.4. The number of carbonyl (C=O) groups excluding carboxylic acids is 2. The Kier molecular flexibility index (Phi) is 6.63. The van der Waals surface area contributed by atoms with E-state index in [4.69, 9.17) is 9.47 Å². The molecule has 0 heterocycles. The molecule has 1 amide bonds. The van der Waals surface area contributed by atoms with Crippen LogP contribution in [0.4, 0.5) is 4.79 Å². The zero-order valence-corrected chi connectivity index (χ0v) is 13.9. The standard InChI is InChI=1S/C17H23NO5/c1-17(2,3)23-16(21)18-8-6-5-7-12-9-14(20)15(22-4)10-13(12)11-19/h5,7,9-11,20H,6,8H2,1-4H3,(H,18,21). The van der Waals surface area contributed by atoms with Crippen LogP contribution in [0.25, 0.3) is 6.08 Å². The summed E-state index contributed by atoms with van der Waals surface area (Å²) in [5.41, 5.74) is 0.464. The van der Waals surface area contributed by atoms with Gasteiger partial charge in [0.1, 0.15) is 5.60 Å². The Morgan fingerprint density at radius 2 is 2.00 bits per heavy atom. The summed E-state index contributed by atoms with van der Waals surface area (Å²) in [4.78, 5) is 22.5. The molecular weight excluding hydrogens is 298 g/mol. The SMILES string of the molecule is COc1cc(C=O)c(C=CCCNC(=O)OC(C)(C)C)cc1O. The first-order valence-corrected chi connectivity index (χ1v) is 7.26. The number of phenols is 1. The van der Waals surface area contributed by atoms with Crippen molar-refractivity contribution in [2.75, 3.05) is 13.7 Å². The van der Waals surface area contributed by atoms with E-state index in [1.165, 1.54) is 19.2 Å². The third-order valence-corrected chi connectivity index (χ3v) is 2.79. The maximum atomic E-state index is 11.5. The van der Waals surface area contributed by atoms with Gasteiger partial charge in [-0.25, -0.2) is 4.79 Å². The molecule has 23 heavy (non-hydrogen) atoms. The normalized spacial score (nSPS) is 11.3. The van der Waals surface area contributed by atoms with Crippen molar-refractivity contribution in [2.45, 2.75) is 32.8 Å². The largest absolute Gasteiger partial charge is 0.504 e. The molecule has 1 aromatic carbocycles. The number of aldehydes is 1. The maximum absolute atomic E-state index is 11.5. The minimum atomic E-state index is -0.528. The van der Waals surface area contributed by atoms with Crippen LogP contribution >= 0.6 is 0 Å². The quantitative estimate of drug-likeness (QED) is 0.621. The maximum Gasteiger partial charge on any atom is 0.407 e. The number of hydrogen-bond donors (Lipinski definition) is 2. The van der Waals surface area contributed by atoms with Crippen molar-refractivity contribution in [1.29, 1.82) is 0 Å². The second-order valence-electron chi connectivity index (χ2n) is 5.89. The average Bonchev–Trinajstić information content (AvgIpc) is 2.45. The van der Waals surface area contributed by atoms with Gasteiger partial charge in [-0.05, 0) is 44.9 Å². The summed E-state index contributed by atoms with van der Waals surface area (Å²) >= 11 is 0. The van der Waals surface area contributed by atoms with Crippen LogP contribution in [0.2, 0.25) is 0 Å². The number of rotatable bonds is 6. The Hall–Kier alpha value is -2.50. The van der Waals surface area contributed by atoms with Crippen LogP contribution in [0.15, 0.2) is 18.2 Å². The molecule has 0 aromatic heterocycles. The van der Waals surface area contributed by atoms with Crippen LogP contribution in [0.3, 0.4) is 0 Å². The van der Waals surface area contributed by atoms with E-state index in [9.17, 15) is 14.7 Å². The molecule has 0 atom stereocenters. The van der Waals surface area contributed by atoms with E-state index in [-0.39, 0.29) is 11.5 Å². The lowest BCUT2D eigenvalue weighted by molar-refractivity contribution is 0.0528. The molecule has 0 aliphatic carbocycles. The zero-order valence-electron chi connectivity index (χ0n) is 13.9. The lowest BCUT2D eigenvalue weighted by atomic mass is 10.1. The minimum absolute atomic E-state index is 0.0374. The molecule has 6 heteroatoms. The number of amides is 1. The summed E-state index contributed by atoms with van der Waals surface area (Å²) in [6.07, 6.45) is 4.29. The third kappa shape index (κ3) is 6.42. The van der Waals surface area contributed by atoms with Crippen molar-refractivity contribution in [2.24, 2.45) is 0 Å². The summed E-state index contributed by atoms with van der Waals surface area (Å²) in [5.74, 6) is 0.209. The number of nitrogens with one attached hydrogen (secondary N) is 1. The molecule has 0 radical (unpaired) electrons. The van der Waals surface area contributed by atoms with Crippen LogP contribution in [0.5, 0.6) is 11.5 Å². The van der Waals surface area contributed by atoms with Crippen LogP contribution in [0.1, 0.15) is 43.1 Å². The number of carbonyl (C=O) groups is 2. The lowest BCUT2D eigenvalue weighted by Crippen LogP contribution is -2.32. The van der Waals surface area contributed by atoms with Crippen molar-refractivity contribution >= 4 is 18.5 Å². The van der Waals surface area contributed by atoms with Gasteiger partial charge in [0, 0.05) is 12.1 Å². The van der Waals surface area contributed by atoms with Gasteiger partial charge in [0.2, 0.25) is 0 Å². The Labute approximate surface area is 136 Å². The van der Waals surface area contributed by atoms with Gasteiger partial charge < -0.3 is 19.9 Å². The minimum Gasteiger partial charge on any atom is -0.504 e. The van der Waals surface area contributed by atoms with Crippen molar-refractivity contribution in [3.05, 3.63) is 29.3 Å². The molecule has 2 N–H and O–H groups in total. The number of aromatic hydroxyl groups is 1. The molecule has 0 fully saturated rings. The second kappa shape index (κ2) is 8.22. The van der Waals surface area contributed by atoms with Gasteiger partial charge in [-0.3, -0.25) is 4.79 Å². The van der Waals surface area contributed by atoms with Gasteiger partial charge in [-0.15, -0.1) is 0 Å². The fourth-order valence-electron chi connectivity index (χ4n) is 1.79. The zero-order chi connectivity index (χ0) is 17.5. The molecule has 6 nitrogen and oxygen atoms in total. The first-order chi connectivity index (χ1) is 10.8. The molecule has 1 aromatic rings. The molecule has 0 unspecified atom stereocenters. The van der Waals surface area contributed by atoms with E-state index >= 15 is 0 Å². The molecule has 0 saturated heterocycles. The van der Waals surface area contributed by atoms with Gasteiger partial charge >= 0.3 is 6.09 Å². The highest BCUT2D eigenvalue weighted by Gasteiger charge is 2.15. The van der Waals surface area contributed by atoms with E-state index in [1.807, 2.05) is 0 Å². The fourth-order valence-corrected chi connectivity index (χ4v) is 1.79. The highest BCUT2D eigenvalue weighted by molar-refractivity contribution is 5.83. The van der Waals surface area contributed by atoms with Gasteiger partial charge in [0.05, 0.1) is 7.11 Å². The molecule has 1 rings (SSSR count). The average molecular weight is 321 g/mol. The lowest BCUT2D eigenvalue weighted by Gasteiger charge is -2.19. The molecule has 0 aliphatic heterocycles. The van der Waals surface area contributed by atoms with Gasteiger partial charge in [-0.1, -0.05) is 12.2 Å². The molecule has 126 valence electrons. The molecule has 0 aliphatic rings. The van der Waals surface area contributed by atoms with Crippen molar-refractivity contribution in [3.63, 3.8) is 0 Å². The number of benzene rings is 1. The first kappa shape index (κ1) is 18.5. The van der Waals surface area contributed by atoms with E-state index in [1.54, 1.807) is 32.9 Å². The number of hydrogen-bond acceptors (Lipinski definition) is 5.